The predicted octanol–water partition coefficient (Wildman–Crippen LogP) is 2.34. The highest BCUT2D eigenvalue weighted by atomic mass is 35.5. The van der Waals surface area contributed by atoms with Gasteiger partial charge in [0.1, 0.15) is 11.7 Å². The summed E-state index contributed by atoms with van der Waals surface area (Å²) in [5.41, 5.74) is -0.313. The lowest BCUT2D eigenvalue weighted by Gasteiger charge is -2.17. The Morgan fingerprint density at radius 1 is 1.38 bits per heavy atom. The van der Waals surface area contributed by atoms with Gasteiger partial charge in [-0.2, -0.15) is 4.98 Å². The van der Waals surface area contributed by atoms with Crippen LogP contribution in [0, 0.1) is 10.1 Å². The van der Waals surface area contributed by atoms with E-state index >= 15 is 0 Å². The minimum atomic E-state index is -0.598. The number of carbonyl (C=O) groups excluding carboxylic acids is 1. The van der Waals surface area contributed by atoms with Crippen molar-refractivity contribution in [2.24, 2.45) is 0 Å². The molecule has 1 fully saturated rings. The number of aromatic nitrogens is 2. The molecule has 1 aromatic carbocycles. The molecule has 1 amide bonds. The van der Waals surface area contributed by atoms with Crippen LogP contribution in [0.3, 0.4) is 0 Å². The lowest BCUT2D eigenvalue weighted by atomic mass is 10.1. The highest BCUT2D eigenvalue weighted by Crippen LogP contribution is 2.26. The normalized spacial score (nSPS) is 16.4. The number of nitro groups is 1. The summed E-state index contributed by atoms with van der Waals surface area (Å²) in [6.07, 6.45) is 3.18. The third kappa shape index (κ3) is 3.83. The molecule has 136 valence electrons. The Morgan fingerprint density at radius 2 is 2.15 bits per heavy atom. The fraction of sp³-hybridized carbons (Fsp3) is 0.312. The van der Waals surface area contributed by atoms with E-state index in [4.69, 9.17) is 21.1 Å². The van der Waals surface area contributed by atoms with E-state index in [1.54, 1.807) is 0 Å². The van der Waals surface area contributed by atoms with E-state index in [-0.39, 0.29) is 34.8 Å². The summed E-state index contributed by atoms with van der Waals surface area (Å²) in [7, 11) is 1.47. The molecule has 1 unspecified atom stereocenters. The van der Waals surface area contributed by atoms with Crippen molar-refractivity contribution >= 4 is 23.2 Å². The number of nitro benzene ring substituents is 1. The molecule has 0 N–H and O–H groups in total. The van der Waals surface area contributed by atoms with Crippen LogP contribution in [0.1, 0.15) is 16.8 Å². The molecule has 9 nitrogen and oxygen atoms in total. The Kier molecular flexibility index (Phi) is 5.17. The fourth-order valence-electron chi connectivity index (χ4n) is 2.67. The van der Waals surface area contributed by atoms with Gasteiger partial charge in [0.25, 0.3) is 11.6 Å². The van der Waals surface area contributed by atoms with Gasteiger partial charge in [0.05, 0.1) is 31.0 Å². The van der Waals surface area contributed by atoms with Crippen molar-refractivity contribution in [3.63, 3.8) is 0 Å². The zero-order chi connectivity index (χ0) is 18.7. The molecule has 0 spiro atoms. The Bertz CT molecular complexity index is 847. The SMILES string of the molecule is COc1cncc(OC2CCN(C(=O)c3cc(Cl)ccc3[N+](=O)[O-])C2)n1. The first-order chi connectivity index (χ1) is 12.5. The lowest BCUT2D eigenvalue weighted by molar-refractivity contribution is -0.385. The summed E-state index contributed by atoms with van der Waals surface area (Å²) in [6.45, 7) is 0.686. The number of amides is 1. The third-order valence-electron chi connectivity index (χ3n) is 3.90. The van der Waals surface area contributed by atoms with Crippen molar-refractivity contribution in [3.8, 4) is 11.8 Å². The van der Waals surface area contributed by atoms with Gasteiger partial charge in [0.2, 0.25) is 11.8 Å². The van der Waals surface area contributed by atoms with E-state index in [2.05, 4.69) is 9.97 Å². The number of ether oxygens (including phenoxy) is 2. The number of halogens is 1. The van der Waals surface area contributed by atoms with Gasteiger partial charge in [0, 0.05) is 24.1 Å². The van der Waals surface area contributed by atoms with Crippen LogP contribution in [0.15, 0.2) is 30.6 Å². The summed E-state index contributed by atoms with van der Waals surface area (Å²) in [4.78, 5) is 32.8. The van der Waals surface area contributed by atoms with Gasteiger partial charge in [-0.1, -0.05) is 11.6 Å². The van der Waals surface area contributed by atoms with Crippen LogP contribution in [-0.4, -0.2) is 52.0 Å². The first-order valence-electron chi connectivity index (χ1n) is 7.74. The molecule has 0 aliphatic carbocycles. The van der Waals surface area contributed by atoms with Crippen LogP contribution in [0.25, 0.3) is 0 Å². The average Bonchev–Trinajstić information content (AvgIpc) is 3.09. The van der Waals surface area contributed by atoms with Crippen molar-refractivity contribution in [1.29, 1.82) is 0 Å². The van der Waals surface area contributed by atoms with Gasteiger partial charge in [-0.05, 0) is 12.1 Å². The molecule has 0 bridgehead atoms. The monoisotopic (exact) mass is 378 g/mol. The molecule has 3 rings (SSSR count). The van der Waals surface area contributed by atoms with E-state index < -0.39 is 10.8 Å². The zero-order valence-corrected chi connectivity index (χ0v) is 14.5. The maximum Gasteiger partial charge on any atom is 0.282 e. The third-order valence-corrected chi connectivity index (χ3v) is 4.14. The largest absolute Gasteiger partial charge is 0.480 e. The molecule has 1 aliphatic rings. The lowest BCUT2D eigenvalue weighted by Crippen LogP contribution is -2.31. The first-order valence-corrected chi connectivity index (χ1v) is 8.11. The van der Waals surface area contributed by atoms with Gasteiger partial charge in [-0.25, -0.2) is 0 Å². The van der Waals surface area contributed by atoms with Crippen molar-refractivity contribution < 1.29 is 19.2 Å². The number of likely N-dealkylation sites (tertiary alicyclic amines) is 1. The predicted molar refractivity (Wildman–Crippen MR) is 91.6 cm³/mol. The number of carbonyl (C=O) groups is 1. The summed E-state index contributed by atoms with van der Waals surface area (Å²) in [5, 5.41) is 11.4. The molecule has 1 saturated heterocycles. The highest BCUT2D eigenvalue weighted by molar-refractivity contribution is 6.31. The highest BCUT2D eigenvalue weighted by Gasteiger charge is 2.32. The Labute approximate surface area is 153 Å². The topological polar surface area (TPSA) is 108 Å². The van der Waals surface area contributed by atoms with Crippen LogP contribution in [0.5, 0.6) is 11.8 Å². The quantitative estimate of drug-likeness (QED) is 0.580. The molecule has 0 saturated carbocycles. The van der Waals surface area contributed by atoms with Gasteiger partial charge in [0.15, 0.2) is 0 Å². The average molecular weight is 379 g/mol. The number of nitrogens with zero attached hydrogens (tertiary/aromatic N) is 4. The van der Waals surface area contributed by atoms with Crippen molar-refractivity contribution in [3.05, 3.63) is 51.3 Å². The molecule has 1 aromatic heterocycles. The molecule has 1 aliphatic heterocycles. The number of hydrogen-bond acceptors (Lipinski definition) is 7. The number of hydrogen-bond donors (Lipinski definition) is 0. The second-order valence-electron chi connectivity index (χ2n) is 5.60. The van der Waals surface area contributed by atoms with Crippen LogP contribution in [0.4, 0.5) is 5.69 Å². The Morgan fingerprint density at radius 3 is 2.88 bits per heavy atom. The molecule has 0 radical (unpaired) electrons. The molecule has 2 heterocycles. The van der Waals surface area contributed by atoms with E-state index in [9.17, 15) is 14.9 Å². The summed E-state index contributed by atoms with van der Waals surface area (Å²) >= 11 is 5.89. The zero-order valence-electron chi connectivity index (χ0n) is 13.8. The second-order valence-corrected chi connectivity index (χ2v) is 6.03. The van der Waals surface area contributed by atoms with Gasteiger partial charge >= 0.3 is 0 Å². The molecular formula is C16H15ClN4O5. The molecule has 10 heteroatoms. The van der Waals surface area contributed by atoms with Crippen LogP contribution < -0.4 is 9.47 Å². The number of methoxy groups -OCH3 is 1. The number of benzene rings is 1. The Hall–Kier alpha value is -2.94. The Balaban J connectivity index is 1.71. The molecule has 2 aromatic rings. The van der Waals surface area contributed by atoms with E-state index in [1.165, 1.54) is 42.6 Å². The molecule has 1 atom stereocenters. The van der Waals surface area contributed by atoms with Crippen molar-refractivity contribution in [2.45, 2.75) is 12.5 Å². The summed E-state index contributed by atoms with van der Waals surface area (Å²) in [6, 6.07) is 3.92. The summed E-state index contributed by atoms with van der Waals surface area (Å²) < 4.78 is 10.7. The van der Waals surface area contributed by atoms with Crippen LogP contribution >= 0.6 is 11.6 Å². The maximum absolute atomic E-state index is 12.7. The van der Waals surface area contributed by atoms with E-state index in [0.29, 0.717) is 18.8 Å². The van der Waals surface area contributed by atoms with Gasteiger partial charge < -0.3 is 14.4 Å². The van der Waals surface area contributed by atoms with E-state index in [0.717, 1.165) is 0 Å². The van der Waals surface area contributed by atoms with Crippen LogP contribution in [0.2, 0.25) is 5.02 Å². The van der Waals surface area contributed by atoms with Gasteiger partial charge in [-0.15, -0.1) is 0 Å². The fourth-order valence-corrected chi connectivity index (χ4v) is 2.85. The standard InChI is InChI=1S/C16H15ClN4O5/c1-25-14-7-18-8-15(19-14)26-11-4-5-20(9-11)16(22)12-6-10(17)2-3-13(12)21(23)24/h2-3,6-8,11H,4-5,9H2,1H3. The summed E-state index contributed by atoms with van der Waals surface area (Å²) in [5.74, 6) is 0.155. The molecule has 26 heavy (non-hydrogen) atoms. The minimum Gasteiger partial charge on any atom is -0.480 e. The van der Waals surface area contributed by atoms with Crippen molar-refractivity contribution in [1.82, 2.24) is 14.9 Å². The minimum absolute atomic E-state index is 0.0377. The second kappa shape index (κ2) is 7.52. The number of rotatable bonds is 5. The maximum atomic E-state index is 12.7. The van der Waals surface area contributed by atoms with E-state index in [1.807, 2.05) is 0 Å². The van der Waals surface area contributed by atoms with Gasteiger partial charge in [-0.3, -0.25) is 19.9 Å². The molecular weight excluding hydrogens is 364 g/mol. The smallest absolute Gasteiger partial charge is 0.282 e. The first kappa shape index (κ1) is 17.9. The van der Waals surface area contributed by atoms with Crippen molar-refractivity contribution in [2.75, 3.05) is 20.2 Å². The van der Waals surface area contributed by atoms with Crippen LogP contribution in [-0.2, 0) is 0 Å².